The normalized spacial score (nSPS) is 16.2. The lowest BCUT2D eigenvalue weighted by molar-refractivity contribution is 0.0631. The minimum atomic E-state index is -3.93. The van der Waals surface area contributed by atoms with Crippen LogP contribution >= 0.6 is 0 Å². The van der Waals surface area contributed by atoms with E-state index in [0.29, 0.717) is 42.3 Å². The molecule has 1 N–H and O–H groups in total. The molecule has 3 aromatic rings. The Morgan fingerprint density at radius 2 is 1.65 bits per heavy atom. The predicted molar refractivity (Wildman–Crippen MR) is 137 cm³/mol. The number of fused-ring (bicyclic) bond motifs is 2. The molecule has 2 aliphatic rings. The second-order valence-electron chi connectivity index (χ2n) is 9.09. The lowest BCUT2D eigenvalue weighted by atomic mass is 10.0. The first kappa shape index (κ1) is 24.9. The fourth-order valence-corrected chi connectivity index (χ4v) is 6.45. The van der Waals surface area contributed by atoms with Crippen LogP contribution in [0.4, 0.5) is 4.79 Å². The van der Waals surface area contributed by atoms with Gasteiger partial charge in [-0.15, -0.1) is 0 Å². The number of piperidine rings is 1. The van der Waals surface area contributed by atoms with Gasteiger partial charge in [0.05, 0.1) is 18.0 Å². The fourth-order valence-electron chi connectivity index (χ4n) is 4.93. The topological polar surface area (TPSA) is 113 Å². The average molecular weight is 522 g/mol. The first-order valence-electron chi connectivity index (χ1n) is 12.2. The summed E-state index contributed by atoms with van der Waals surface area (Å²) in [7, 11) is -3.93. The van der Waals surface area contributed by atoms with Crippen LogP contribution < -0.4 is 4.72 Å². The highest BCUT2D eigenvalue weighted by atomic mass is 32.2. The number of nitrogens with zero attached hydrogens (tertiary/aromatic N) is 2. The Morgan fingerprint density at radius 1 is 0.973 bits per heavy atom. The summed E-state index contributed by atoms with van der Waals surface area (Å²) in [6, 6.07) is 16.4. The molecule has 0 radical (unpaired) electrons. The summed E-state index contributed by atoms with van der Waals surface area (Å²) >= 11 is 0. The van der Waals surface area contributed by atoms with E-state index in [2.05, 4.69) is 4.72 Å². The summed E-state index contributed by atoms with van der Waals surface area (Å²) in [5.41, 5.74) is 1.54. The monoisotopic (exact) mass is 521 g/mol. The van der Waals surface area contributed by atoms with Gasteiger partial charge in [0.15, 0.2) is 0 Å². The number of imide groups is 1. The maximum Gasteiger partial charge on any atom is 0.409 e. The van der Waals surface area contributed by atoms with Crippen LogP contribution in [-0.2, 0) is 21.3 Å². The highest BCUT2D eigenvalue weighted by Crippen LogP contribution is 2.30. The van der Waals surface area contributed by atoms with Gasteiger partial charge in [-0.25, -0.2) is 17.9 Å². The minimum Gasteiger partial charge on any atom is -0.450 e. The van der Waals surface area contributed by atoms with E-state index in [1.54, 1.807) is 48.2 Å². The summed E-state index contributed by atoms with van der Waals surface area (Å²) in [6.45, 7) is 2.99. The molecule has 9 nitrogen and oxygen atoms in total. The molecule has 0 aromatic heterocycles. The van der Waals surface area contributed by atoms with Crippen molar-refractivity contribution in [3.63, 3.8) is 0 Å². The predicted octanol–water partition coefficient (Wildman–Crippen LogP) is 3.54. The van der Waals surface area contributed by atoms with Gasteiger partial charge < -0.3 is 9.64 Å². The van der Waals surface area contributed by atoms with Gasteiger partial charge in [-0.2, -0.15) is 0 Å². The highest BCUT2D eigenvalue weighted by Gasteiger charge is 2.34. The Hall–Kier alpha value is -3.76. The van der Waals surface area contributed by atoms with E-state index in [1.165, 1.54) is 17.0 Å². The van der Waals surface area contributed by atoms with Crippen molar-refractivity contribution in [3.05, 3.63) is 77.4 Å². The Balaban J connectivity index is 1.39. The summed E-state index contributed by atoms with van der Waals surface area (Å²) < 4.78 is 34.6. The van der Waals surface area contributed by atoms with Gasteiger partial charge >= 0.3 is 6.09 Å². The van der Waals surface area contributed by atoms with E-state index >= 15 is 0 Å². The molecule has 2 heterocycles. The molecule has 192 valence electrons. The van der Waals surface area contributed by atoms with E-state index in [0.717, 1.165) is 5.56 Å². The smallest absolute Gasteiger partial charge is 0.409 e. The van der Waals surface area contributed by atoms with E-state index in [-0.39, 0.29) is 35.6 Å². The SMILES string of the molecule is CCOC(=O)N1CCC(NS(=O)(=O)c2ccc(C(=O)N3Cc4ccccc4C3=O)c3ccccc23)CC1. The molecule has 2 aliphatic heterocycles. The third-order valence-electron chi connectivity index (χ3n) is 6.81. The third-order valence-corrected chi connectivity index (χ3v) is 8.39. The Labute approximate surface area is 215 Å². The number of likely N-dealkylation sites (tertiary alicyclic amines) is 1. The van der Waals surface area contributed by atoms with Gasteiger partial charge in [0.2, 0.25) is 10.0 Å². The van der Waals surface area contributed by atoms with E-state index in [1.807, 2.05) is 12.1 Å². The van der Waals surface area contributed by atoms with Crippen molar-refractivity contribution in [2.45, 2.75) is 37.2 Å². The van der Waals surface area contributed by atoms with E-state index in [9.17, 15) is 22.8 Å². The average Bonchev–Trinajstić information content (AvgIpc) is 3.24. The second-order valence-corrected chi connectivity index (χ2v) is 10.8. The zero-order valence-corrected chi connectivity index (χ0v) is 21.2. The van der Waals surface area contributed by atoms with E-state index in [4.69, 9.17) is 4.74 Å². The van der Waals surface area contributed by atoms with Crippen molar-refractivity contribution in [1.29, 1.82) is 0 Å². The quantitative estimate of drug-likeness (QED) is 0.514. The number of benzene rings is 3. The molecule has 10 heteroatoms. The van der Waals surface area contributed by atoms with Crippen LogP contribution in [0.5, 0.6) is 0 Å². The zero-order valence-electron chi connectivity index (χ0n) is 20.3. The van der Waals surface area contributed by atoms with Crippen LogP contribution in [0.15, 0.2) is 65.6 Å². The van der Waals surface area contributed by atoms with Crippen LogP contribution in [-0.4, -0.2) is 61.9 Å². The second kappa shape index (κ2) is 9.95. The summed E-state index contributed by atoms with van der Waals surface area (Å²) in [5, 5.41) is 0.852. The molecule has 0 unspecified atom stereocenters. The van der Waals surface area contributed by atoms with Crippen LogP contribution in [0.3, 0.4) is 0 Å². The number of ether oxygens (including phenoxy) is 1. The van der Waals surface area contributed by atoms with Crippen LogP contribution in [0.1, 0.15) is 46.0 Å². The van der Waals surface area contributed by atoms with Crippen molar-refractivity contribution in [3.8, 4) is 0 Å². The van der Waals surface area contributed by atoms with Gasteiger partial charge in [0.25, 0.3) is 11.8 Å². The maximum absolute atomic E-state index is 13.4. The highest BCUT2D eigenvalue weighted by molar-refractivity contribution is 7.89. The van der Waals surface area contributed by atoms with Crippen molar-refractivity contribution < 1.29 is 27.5 Å². The lowest BCUT2D eigenvalue weighted by Gasteiger charge is -2.31. The Kier molecular flexibility index (Phi) is 6.70. The van der Waals surface area contributed by atoms with Crippen molar-refractivity contribution in [1.82, 2.24) is 14.5 Å². The third kappa shape index (κ3) is 4.70. The first-order chi connectivity index (χ1) is 17.8. The lowest BCUT2D eigenvalue weighted by Crippen LogP contribution is -2.46. The summed E-state index contributed by atoms with van der Waals surface area (Å²) in [4.78, 5) is 41.1. The molecule has 0 atom stereocenters. The van der Waals surface area contributed by atoms with Crippen molar-refractivity contribution in [2.24, 2.45) is 0 Å². The number of rotatable bonds is 5. The summed E-state index contributed by atoms with van der Waals surface area (Å²) in [5.74, 6) is -0.835. The number of nitrogens with one attached hydrogen (secondary N) is 1. The molecule has 0 spiro atoms. The van der Waals surface area contributed by atoms with Crippen molar-refractivity contribution in [2.75, 3.05) is 19.7 Å². The maximum atomic E-state index is 13.4. The van der Waals surface area contributed by atoms with Crippen molar-refractivity contribution >= 4 is 38.7 Å². The molecule has 1 fully saturated rings. The van der Waals surface area contributed by atoms with Crippen LogP contribution in [0.25, 0.3) is 10.8 Å². The molecule has 0 bridgehead atoms. The summed E-state index contributed by atoms with van der Waals surface area (Å²) in [6.07, 6.45) is 0.531. The zero-order chi connectivity index (χ0) is 26.2. The Bertz CT molecular complexity index is 1500. The molecule has 1 saturated heterocycles. The number of hydrogen-bond acceptors (Lipinski definition) is 6. The molecular weight excluding hydrogens is 494 g/mol. The largest absolute Gasteiger partial charge is 0.450 e. The molecule has 5 rings (SSSR count). The number of hydrogen-bond donors (Lipinski definition) is 1. The standard InChI is InChI=1S/C27H27N3O6S/c1-2-36-27(33)29-15-13-19(14-16-29)28-37(34,35)24-12-11-23(21-9-5-6-10-22(21)24)26(32)30-17-18-7-3-4-8-20(18)25(30)31/h3-12,19,28H,2,13-17H2,1H3. The molecule has 37 heavy (non-hydrogen) atoms. The van der Waals surface area contributed by atoms with Gasteiger partial charge in [0, 0.05) is 35.6 Å². The molecule has 3 aromatic carbocycles. The van der Waals surface area contributed by atoms with Crippen LogP contribution in [0, 0.1) is 0 Å². The molecule has 3 amide bonds. The Morgan fingerprint density at radius 3 is 2.35 bits per heavy atom. The number of carbonyl (C=O) groups is 3. The van der Waals surface area contributed by atoms with Gasteiger partial charge in [-0.05, 0) is 48.9 Å². The number of sulfonamides is 1. The van der Waals surface area contributed by atoms with E-state index < -0.39 is 22.0 Å². The van der Waals surface area contributed by atoms with Crippen LogP contribution in [0.2, 0.25) is 0 Å². The number of amides is 3. The molecular formula is C27H27N3O6S. The number of carbonyl (C=O) groups excluding carboxylic acids is 3. The first-order valence-corrected chi connectivity index (χ1v) is 13.7. The fraction of sp³-hybridized carbons (Fsp3) is 0.296. The minimum absolute atomic E-state index is 0.0588. The van der Waals surface area contributed by atoms with Gasteiger partial charge in [-0.1, -0.05) is 42.5 Å². The molecule has 0 aliphatic carbocycles. The van der Waals surface area contributed by atoms with Gasteiger partial charge in [-0.3, -0.25) is 14.5 Å². The van der Waals surface area contributed by atoms with Gasteiger partial charge in [0.1, 0.15) is 0 Å². The molecule has 0 saturated carbocycles.